The third-order valence-corrected chi connectivity index (χ3v) is 0.149. The molecule has 0 aromatic rings. The van der Waals surface area contributed by atoms with E-state index in [-0.39, 0.29) is 0 Å². The minimum Gasteiger partial charge on any atom is -0.312 e. The zero-order valence-corrected chi connectivity index (χ0v) is 2.60. The van der Waals surface area contributed by atoms with E-state index in [1.54, 1.807) is 7.05 Å². The highest BCUT2D eigenvalue weighted by atomic mass is 14.9. The van der Waals surface area contributed by atoms with Gasteiger partial charge in [0.2, 0.25) is 0 Å². The lowest BCUT2D eigenvalue weighted by molar-refractivity contribution is 0.938. The molecule has 2 radical (unpaired) electrons. The Bertz CT molecular complexity index is 6.00. The Morgan fingerprint density at radius 3 is 2.25 bits per heavy atom. The van der Waals surface area contributed by atoms with Gasteiger partial charge in [-0.1, -0.05) is 0 Å². The van der Waals surface area contributed by atoms with E-state index in [0.717, 1.165) is 0 Å². The van der Waals surface area contributed by atoms with Gasteiger partial charge in [0, 0.05) is 7.05 Å². The Balaban J connectivity index is 1.97. The standard InChI is InChI=1S/C2H6N2/c1-4-2-3/h2H,3H2,1H3. The van der Waals surface area contributed by atoms with Crippen molar-refractivity contribution in [3.63, 3.8) is 0 Å². The first-order valence-corrected chi connectivity index (χ1v) is 1.04. The van der Waals surface area contributed by atoms with E-state index < -0.39 is 0 Å². The van der Waals surface area contributed by atoms with Gasteiger partial charge in [-0.2, -0.15) is 0 Å². The minimum atomic E-state index is 1.25. The Kier molecular flexibility index (Phi) is 2.86. The van der Waals surface area contributed by atoms with Gasteiger partial charge >= 0.3 is 0 Å². The Labute approximate surface area is 26.0 Å². The van der Waals surface area contributed by atoms with Crippen LogP contribution in [0.25, 0.3) is 0 Å². The Morgan fingerprint density at radius 2 is 2.25 bits per heavy atom. The molecular weight excluding hydrogens is 52.0 g/mol. The van der Waals surface area contributed by atoms with Gasteiger partial charge in [0.25, 0.3) is 0 Å². The monoisotopic (exact) mass is 58.1 g/mol. The van der Waals surface area contributed by atoms with E-state index in [0.29, 0.717) is 0 Å². The zero-order chi connectivity index (χ0) is 3.41. The molecule has 0 amide bonds. The van der Waals surface area contributed by atoms with Gasteiger partial charge in [0.1, 0.15) is 6.67 Å². The van der Waals surface area contributed by atoms with Crippen molar-refractivity contribution < 1.29 is 0 Å². The van der Waals surface area contributed by atoms with Crippen molar-refractivity contribution in [1.29, 1.82) is 0 Å². The maximum Gasteiger partial charge on any atom is 0.101 e. The number of nitrogens with zero attached hydrogens (tertiary/aromatic N) is 1. The Hall–Kier alpha value is -0.0800. The molecule has 0 bridgehead atoms. The molecule has 0 saturated heterocycles. The molecule has 0 atom stereocenters. The average Bonchev–Trinajstić information content (AvgIpc) is 1.37. The predicted octanol–water partition coefficient (Wildman–Crippen LogP) is -0.701. The number of hydrogen-bond acceptors (Lipinski definition) is 1. The van der Waals surface area contributed by atoms with Gasteiger partial charge in [-0.3, -0.25) is 0 Å². The van der Waals surface area contributed by atoms with Crippen molar-refractivity contribution in [1.82, 2.24) is 5.32 Å². The fourth-order valence-corrected chi connectivity index (χ4v) is 0. The first-order chi connectivity index (χ1) is 1.91. The van der Waals surface area contributed by atoms with Crippen LogP contribution >= 0.6 is 0 Å². The van der Waals surface area contributed by atoms with Crippen LogP contribution in [-0.4, -0.2) is 7.05 Å². The summed E-state index contributed by atoms with van der Waals surface area (Å²) in [5, 5.41) is 3.39. The second-order valence-electron chi connectivity index (χ2n) is 0.407. The smallest absolute Gasteiger partial charge is 0.101 e. The summed E-state index contributed by atoms with van der Waals surface area (Å²) in [5.41, 5.74) is 4.74. The number of hydrogen-bond donors (Lipinski definition) is 1. The second-order valence-corrected chi connectivity index (χ2v) is 0.407. The molecule has 0 unspecified atom stereocenters. The highest BCUT2D eigenvalue weighted by molar-refractivity contribution is 4.35. The lowest BCUT2D eigenvalue weighted by Crippen LogP contribution is -1.99. The molecule has 2 N–H and O–H groups in total. The lowest BCUT2D eigenvalue weighted by Gasteiger charge is -1.71. The van der Waals surface area contributed by atoms with E-state index in [1.807, 2.05) is 0 Å². The highest BCUT2D eigenvalue weighted by Gasteiger charge is 1.54. The predicted molar refractivity (Wildman–Crippen MR) is 16.5 cm³/mol. The van der Waals surface area contributed by atoms with Crippen molar-refractivity contribution in [2.45, 2.75) is 0 Å². The number of nitrogens with two attached hydrogens (primary N) is 1. The summed E-state index contributed by atoms with van der Waals surface area (Å²) in [6, 6.07) is 0. The fraction of sp³-hybridized carbons (Fsp3) is 0.500. The topological polar surface area (TPSA) is 40.1 Å². The van der Waals surface area contributed by atoms with Crippen LogP contribution in [0.3, 0.4) is 0 Å². The van der Waals surface area contributed by atoms with Gasteiger partial charge in [0.15, 0.2) is 0 Å². The highest BCUT2D eigenvalue weighted by Crippen LogP contribution is 1.35. The third-order valence-electron chi connectivity index (χ3n) is 0.149. The van der Waals surface area contributed by atoms with Crippen LogP contribution < -0.4 is 11.1 Å². The largest absolute Gasteiger partial charge is 0.312 e. The molecule has 2 heteroatoms. The van der Waals surface area contributed by atoms with Crippen LogP contribution in [0.5, 0.6) is 0 Å². The molecule has 24 valence electrons. The minimum absolute atomic E-state index is 1.25. The van der Waals surface area contributed by atoms with E-state index >= 15 is 0 Å². The fourth-order valence-electron chi connectivity index (χ4n) is 0. The van der Waals surface area contributed by atoms with Crippen molar-refractivity contribution in [3.8, 4) is 0 Å². The summed E-state index contributed by atoms with van der Waals surface area (Å²) in [6.07, 6.45) is 0. The van der Waals surface area contributed by atoms with Crippen LogP contribution in [0.4, 0.5) is 0 Å². The van der Waals surface area contributed by atoms with Crippen molar-refractivity contribution in [3.05, 3.63) is 6.67 Å². The molecule has 4 heavy (non-hydrogen) atoms. The Morgan fingerprint density at radius 1 is 2.00 bits per heavy atom. The molecule has 0 aromatic heterocycles. The van der Waals surface area contributed by atoms with E-state index in [1.165, 1.54) is 6.67 Å². The molecule has 0 aliphatic rings. The van der Waals surface area contributed by atoms with E-state index in [9.17, 15) is 0 Å². The molecule has 0 rings (SSSR count). The quantitative estimate of drug-likeness (QED) is 0.425. The summed E-state index contributed by atoms with van der Waals surface area (Å²) in [5.74, 6) is 0. The first kappa shape index (κ1) is 3.92. The lowest BCUT2D eigenvalue weighted by atomic mass is 11.1. The molecular formula is C2H6N2. The van der Waals surface area contributed by atoms with Crippen molar-refractivity contribution >= 4 is 0 Å². The molecule has 2 nitrogen and oxygen atoms in total. The number of rotatable bonds is 1. The summed E-state index contributed by atoms with van der Waals surface area (Å²) in [6.45, 7) is 1.25. The van der Waals surface area contributed by atoms with Gasteiger partial charge in [-0.05, 0) is 0 Å². The van der Waals surface area contributed by atoms with Gasteiger partial charge in [0.05, 0.1) is 0 Å². The van der Waals surface area contributed by atoms with Crippen molar-refractivity contribution in [2.24, 2.45) is 5.73 Å². The summed E-state index contributed by atoms with van der Waals surface area (Å²) < 4.78 is 0. The summed E-state index contributed by atoms with van der Waals surface area (Å²) >= 11 is 0. The van der Waals surface area contributed by atoms with Crippen LogP contribution in [0.15, 0.2) is 0 Å². The molecule has 0 fully saturated rings. The summed E-state index contributed by atoms with van der Waals surface area (Å²) in [7, 11) is 1.62. The second kappa shape index (κ2) is 2.92. The maximum absolute atomic E-state index is 4.74. The van der Waals surface area contributed by atoms with Crippen LogP contribution in [0.2, 0.25) is 0 Å². The molecule has 0 saturated carbocycles. The van der Waals surface area contributed by atoms with Crippen molar-refractivity contribution in [2.75, 3.05) is 7.05 Å². The third kappa shape index (κ3) is 1.92. The van der Waals surface area contributed by atoms with Gasteiger partial charge in [-0.15, -0.1) is 0 Å². The molecule has 0 aliphatic heterocycles. The first-order valence-electron chi connectivity index (χ1n) is 1.04. The molecule has 0 aromatic carbocycles. The molecule has 0 aliphatic carbocycles. The van der Waals surface area contributed by atoms with Gasteiger partial charge < -0.3 is 5.73 Å². The summed E-state index contributed by atoms with van der Waals surface area (Å²) in [4.78, 5) is 0. The zero-order valence-electron chi connectivity index (χ0n) is 2.60. The van der Waals surface area contributed by atoms with E-state index in [4.69, 9.17) is 5.73 Å². The SMILES string of the molecule is C[N][CH]N. The van der Waals surface area contributed by atoms with Gasteiger partial charge in [-0.25, -0.2) is 5.32 Å². The normalized spacial score (nSPS) is 7.50. The van der Waals surface area contributed by atoms with Crippen LogP contribution in [0.1, 0.15) is 0 Å². The average molecular weight is 58.1 g/mol. The van der Waals surface area contributed by atoms with E-state index in [2.05, 4.69) is 5.32 Å². The van der Waals surface area contributed by atoms with Crippen LogP contribution in [-0.2, 0) is 0 Å². The molecule has 0 spiro atoms. The maximum atomic E-state index is 4.74. The van der Waals surface area contributed by atoms with Crippen LogP contribution in [0, 0.1) is 6.67 Å². The molecule has 0 heterocycles.